The van der Waals surface area contributed by atoms with E-state index in [4.69, 9.17) is 5.73 Å². The molecule has 1 aliphatic rings. The van der Waals surface area contributed by atoms with E-state index in [0.29, 0.717) is 22.4 Å². The first-order chi connectivity index (χ1) is 7.50. The summed E-state index contributed by atoms with van der Waals surface area (Å²) in [6.45, 7) is 0.625. The molecule has 0 unspecified atom stereocenters. The first kappa shape index (κ1) is 11.9. The number of hydrogen-bond donors (Lipinski definition) is 1. The SMILES string of the molecule is CN(CC1CCC1)S(=O)(=O)c1cc(N)cs1. The highest BCUT2D eigenvalue weighted by Gasteiger charge is 2.27. The summed E-state index contributed by atoms with van der Waals surface area (Å²) < 4.78 is 26.0. The highest BCUT2D eigenvalue weighted by atomic mass is 32.2. The van der Waals surface area contributed by atoms with Crippen molar-refractivity contribution in [1.29, 1.82) is 0 Å². The van der Waals surface area contributed by atoms with Crippen molar-refractivity contribution in [3.63, 3.8) is 0 Å². The summed E-state index contributed by atoms with van der Waals surface area (Å²) in [5, 5.41) is 1.66. The zero-order valence-electron chi connectivity index (χ0n) is 9.22. The Labute approximate surface area is 100 Å². The van der Waals surface area contributed by atoms with Crippen LogP contribution in [-0.2, 0) is 10.0 Å². The normalized spacial score (nSPS) is 17.6. The number of sulfonamides is 1. The summed E-state index contributed by atoms with van der Waals surface area (Å²) in [4.78, 5) is 0. The molecule has 0 radical (unpaired) electrons. The lowest BCUT2D eigenvalue weighted by atomic mass is 9.86. The van der Waals surface area contributed by atoms with Crippen molar-refractivity contribution < 1.29 is 8.42 Å². The molecule has 0 aromatic carbocycles. The fourth-order valence-electron chi connectivity index (χ4n) is 1.76. The molecule has 1 saturated carbocycles. The molecule has 6 heteroatoms. The van der Waals surface area contributed by atoms with Gasteiger partial charge in [0.2, 0.25) is 0 Å². The Morgan fingerprint density at radius 2 is 2.25 bits per heavy atom. The molecule has 1 fully saturated rings. The number of hydrogen-bond acceptors (Lipinski definition) is 4. The van der Waals surface area contributed by atoms with Crippen molar-refractivity contribution in [1.82, 2.24) is 4.31 Å². The van der Waals surface area contributed by atoms with Crippen LogP contribution in [0.2, 0.25) is 0 Å². The van der Waals surface area contributed by atoms with E-state index in [1.54, 1.807) is 12.4 Å². The van der Waals surface area contributed by atoms with Crippen LogP contribution in [0, 0.1) is 5.92 Å². The van der Waals surface area contributed by atoms with Gasteiger partial charge in [-0.3, -0.25) is 0 Å². The molecule has 0 spiro atoms. The van der Waals surface area contributed by atoms with Crippen LogP contribution in [0.1, 0.15) is 19.3 Å². The summed E-state index contributed by atoms with van der Waals surface area (Å²) in [6, 6.07) is 1.53. The molecule has 0 bridgehead atoms. The molecule has 4 nitrogen and oxygen atoms in total. The average Bonchev–Trinajstić information content (AvgIpc) is 2.58. The van der Waals surface area contributed by atoms with Crippen molar-refractivity contribution in [3.8, 4) is 0 Å². The molecule has 90 valence electrons. The van der Waals surface area contributed by atoms with E-state index in [1.165, 1.54) is 28.1 Å². The first-order valence-corrected chi connectivity index (χ1v) is 7.62. The third-order valence-corrected chi connectivity index (χ3v) is 6.26. The van der Waals surface area contributed by atoms with Crippen LogP contribution >= 0.6 is 11.3 Å². The van der Waals surface area contributed by atoms with E-state index in [1.807, 2.05) is 0 Å². The van der Waals surface area contributed by atoms with Crippen molar-refractivity contribution in [2.24, 2.45) is 5.92 Å². The van der Waals surface area contributed by atoms with E-state index >= 15 is 0 Å². The van der Waals surface area contributed by atoms with Crippen LogP contribution in [0.3, 0.4) is 0 Å². The number of thiophene rings is 1. The molecular formula is C10H16N2O2S2. The van der Waals surface area contributed by atoms with Gasteiger partial charge in [0.15, 0.2) is 0 Å². The molecule has 0 aliphatic heterocycles. The van der Waals surface area contributed by atoms with Crippen LogP contribution in [0.25, 0.3) is 0 Å². The van der Waals surface area contributed by atoms with E-state index < -0.39 is 10.0 Å². The Morgan fingerprint density at radius 1 is 1.56 bits per heavy atom. The highest BCUT2D eigenvalue weighted by molar-refractivity contribution is 7.91. The summed E-state index contributed by atoms with van der Waals surface area (Å²) in [6.07, 6.45) is 3.52. The quantitative estimate of drug-likeness (QED) is 0.897. The average molecular weight is 260 g/mol. The predicted octanol–water partition coefficient (Wildman–Crippen LogP) is 1.75. The van der Waals surface area contributed by atoms with Crippen LogP contribution in [-0.4, -0.2) is 26.3 Å². The monoisotopic (exact) mass is 260 g/mol. The number of rotatable bonds is 4. The maximum absolute atomic E-state index is 12.1. The lowest BCUT2D eigenvalue weighted by Gasteiger charge is -2.29. The van der Waals surface area contributed by atoms with Gasteiger partial charge in [-0.25, -0.2) is 8.42 Å². The first-order valence-electron chi connectivity index (χ1n) is 5.30. The zero-order valence-corrected chi connectivity index (χ0v) is 10.9. The van der Waals surface area contributed by atoms with Gasteiger partial charge in [0.05, 0.1) is 0 Å². The van der Waals surface area contributed by atoms with Gasteiger partial charge in [0.1, 0.15) is 4.21 Å². The Morgan fingerprint density at radius 3 is 2.69 bits per heavy atom. The second kappa shape index (κ2) is 4.35. The second-order valence-corrected chi connectivity index (χ2v) is 7.46. The molecule has 0 atom stereocenters. The van der Waals surface area contributed by atoms with Crippen molar-refractivity contribution in [2.45, 2.75) is 23.5 Å². The molecule has 1 aromatic heterocycles. The van der Waals surface area contributed by atoms with Crippen molar-refractivity contribution in [2.75, 3.05) is 19.3 Å². The Balaban J connectivity index is 2.11. The Kier molecular flexibility index (Phi) is 3.23. The summed E-state index contributed by atoms with van der Waals surface area (Å²) in [5.74, 6) is 0.539. The molecule has 1 aliphatic carbocycles. The van der Waals surface area contributed by atoms with E-state index in [2.05, 4.69) is 0 Å². The van der Waals surface area contributed by atoms with Crippen molar-refractivity contribution in [3.05, 3.63) is 11.4 Å². The van der Waals surface area contributed by atoms with Gasteiger partial charge in [-0.05, 0) is 24.8 Å². The maximum Gasteiger partial charge on any atom is 0.252 e. The molecule has 1 aromatic rings. The smallest absolute Gasteiger partial charge is 0.252 e. The minimum Gasteiger partial charge on any atom is -0.398 e. The van der Waals surface area contributed by atoms with Gasteiger partial charge in [-0.15, -0.1) is 11.3 Å². The Hall–Kier alpha value is -0.590. The lowest BCUT2D eigenvalue weighted by molar-refractivity contribution is 0.263. The Bertz CT molecular complexity index is 463. The summed E-state index contributed by atoms with van der Waals surface area (Å²) in [5.41, 5.74) is 6.06. The van der Waals surface area contributed by atoms with Gasteiger partial charge in [0.25, 0.3) is 10.0 Å². The van der Waals surface area contributed by atoms with E-state index in [0.717, 1.165) is 12.8 Å². The molecule has 1 heterocycles. The van der Waals surface area contributed by atoms with Crippen LogP contribution in [0.5, 0.6) is 0 Å². The van der Waals surface area contributed by atoms with Gasteiger partial charge < -0.3 is 5.73 Å². The number of nitrogen functional groups attached to an aromatic ring is 1. The van der Waals surface area contributed by atoms with Crippen molar-refractivity contribution >= 4 is 27.0 Å². The highest BCUT2D eigenvalue weighted by Crippen LogP contribution is 2.30. The van der Waals surface area contributed by atoms with Gasteiger partial charge in [0, 0.05) is 24.7 Å². The van der Waals surface area contributed by atoms with Gasteiger partial charge >= 0.3 is 0 Å². The third kappa shape index (κ3) is 2.23. The van der Waals surface area contributed by atoms with Crippen LogP contribution < -0.4 is 5.73 Å². The molecule has 2 N–H and O–H groups in total. The molecule has 0 saturated heterocycles. The lowest BCUT2D eigenvalue weighted by Crippen LogP contribution is -2.33. The van der Waals surface area contributed by atoms with Gasteiger partial charge in [-0.2, -0.15) is 4.31 Å². The zero-order chi connectivity index (χ0) is 11.8. The maximum atomic E-state index is 12.1. The fourth-order valence-corrected chi connectivity index (χ4v) is 4.29. The molecular weight excluding hydrogens is 244 g/mol. The topological polar surface area (TPSA) is 63.4 Å². The largest absolute Gasteiger partial charge is 0.398 e. The van der Waals surface area contributed by atoms with E-state index in [-0.39, 0.29) is 0 Å². The van der Waals surface area contributed by atoms with E-state index in [9.17, 15) is 8.42 Å². The minimum atomic E-state index is -3.32. The predicted molar refractivity (Wildman–Crippen MR) is 65.9 cm³/mol. The number of anilines is 1. The number of nitrogens with two attached hydrogens (primary N) is 1. The minimum absolute atomic E-state index is 0.340. The summed E-state index contributed by atoms with van der Waals surface area (Å²) >= 11 is 1.18. The van der Waals surface area contributed by atoms with Crippen LogP contribution in [0.4, 0.5) is 5.69 Å². The molecule has 0 amide bonds. The third-order valence-electron chi connectivity index (χ3n) is 3.00. The second-order valence-electron chi connectivity index (χ2n) is 4.28. The summed E-state index contributed by atoms with van der Waals surface area (Å²) in [7, 11) is -1.68. The standard InChI is InChI=1S/C10H16N2O2S2/c1-12(6-8-3-2-4-8)16(13,14)10-5-9(11)7-15-10/h5,7-8H,2-4,6,11H2,1H3. The fraction of sp³-hybridized carbons (Fsp3) is 0.600. The number of nitrogens with zero attached hydrogens (tertiary/aromatic N) is 1. The molecule has 2 rings (SSSR count). The van der Waals surface area contributed by atoms with Crippen LogP contribution in [0.15, 0.2) is 15.7 Å². The van der Waals surface area contributed by atoms with Gasteiger partial charge in [-0.1, -0.05) is 6.42 Å². The molecule has 16 heavy (non-hydrogen) atoms.